The van der Waals surface area contributed by atoms with Crippen molar-refractivity contribution in [2.45, 2.75) is 0 Å². The first kappa shape index (κ1) is 9.59. The first-order valence-corrected chi connectivity index (χ1v) is 4.66. The van der Waals surface area contributed by atoms with Gasteiger partial charge in [-0.15, -0.1) is 0 Å². The molecule has 0 saturated heterocycles. The first-order valence-electron chi connectivity index (χ1n) is 4.66. The Balaban J connectivity index is 2.17. The van der Waals surface area contributed by atoms with Gasteiger partial charge >= 0.3 is 0 Å². The van der Waals surface area contributed by atoms with Gasteiger partial charge in [0.2, 0.25) is 0 Å². The molecule has 0 saturated carbocycles. The fourth-order valence-corrected chi connectivity index (χ4v) is 1.24. The highest BCUT2D eigenvalue weighted by Crippen LogP contribution is 2.24. The van der Waals surface area contributed by atoms with E-state index in [2.05, 4.69) is 6.07 Å². The summed E-state index contributed by atoms with van der Waals surface area (Å²) in [5, 5.41) is 0. The van der Waals surface area contributed by atoms with Gasteiger partial charge in [-0.25, -0.2) is 0 Å². The van der Waals surface area contributed by atoms with Crippen LogP contribution in [0.15, 0.2) is 48.5 Å². The summed E-state index contributed by atoms with van der Waals surface area (Å²) in [6.45, 7) is 0. The molecule has 2 aromatic rings. The minimum Gasteiger partial charge on any atom is -0.497 e. The fraction of sp³-hybridized carbons (Fsp3) is 0.0769. The molecule has 2 nitrogen and oxygen atoms in total. The van der Waals surface area contributed by atoms with Gasteiger partial charge in [0.05, 0.1) is 7.11 Å². The van der Waals surface area contributed by atoms with Crippen LogP contribution in [0.25, 0.3) is 0 Å². The predicted octanol–water partition coefficient (Wildman–Crippen LogP) is 3.29. The molecular weight excluding hydrogens is 188 g/mol. The van der Waals surface area contributed by atoms with E-state index in [1.165, 1.54) is 0 Å². The largest absolute Gasteiger partial charge is 0.497 e. The summed E-state index contributed by atoms with van der Waals surface area (Å²) >= 11 is 0. The second-order valence-corrected chi connectivity index (χ2v) is 3.02. The molecule has 0 amide bonds. The average molecular weight is 199 g/mol. The van der Waals surface area contributed by atoms with Crippen LogP contribution in [-0.2, 0) is 0 Å². The van der Waals surface area contributed by atoms with Gasteiger partial charge in [0.25, 0.3) is 0 Å². The molecular formula is C13H11O2. The van der Waals surface area contributed by atoms with Crippen LogP contribution in [0.4, 0.5) is 0 Å². The second kappa shape index (κ2) is 4.51. The second-order valence-electron chi connectivity index (χ2n) is 3.02. The van der Waals surface area contributed by atoms with E-state index in [0.29, 0.717) is 0 Å². The zero-order valence-electron chi connectivity index (χ0n) is 8.44. The number of hydrogen-bond acceptors (Lipinski definition) is 2. The summed E-state index contributed by atoms with van der Waals surface area (Å²) in [7, 11) is 1.63. The average Bonchev–Trinajstić information content (AvgIpc) is 2.31. The zero-order valence-corrected chi connectivity index (χ0v) is 8.44. The van der Waals surface area contributed by atoms with Crippen molar-refractivity contribution < 1.29 is 9.47 Å². The number of rotatable bonds is 3. The molecule has 0 aliphatic carbocycles. The molecule has 2 aromatic carbocycles. The minimum atomic E-state index is 0.758. The molecule has 15 heavy (non-hydrogen) atoms. The molecule has 0 aliphatic rings. The van der Waals surface area contributed by atoms with Gasteiger partial charge in [0, 0.05) is 6.07 Å². The Hall–Kier alpha value is -1.96. The quantitative estimate of drug-likeness (QED) is 0.755. The van der Waals surface area contributed by atoms with Crippen LogP contribution in [0.3, 0.4) is 0 Å². The Bertz CT molecular complexity index is 424. The van der Waals surface area contributed by atoms with Crippen LogP contribution >= 0.6 is 0 Å². The van der Waals surface area contributed by atoms with Crippen molar-refractivity contribution >= 4 is 0 Å². The number of benzene rings is 2. The van der Waals surface area contributed by atoms with Crippen molar-refractivity contribution in [2.24, 2.45) is 0 Å². The van der Waals surface area contributed by atoms with Crippen LogP contribution in [0.1, 0.15) is 0 Å². The Morgan fingerprint density at radius 1 is 1.00 bits per heavy atom. The maximum absolute atomic E-state index is 5.61. The maximum atomic E-state index is 5.61. The van der Waals surface area contributed by atoms with Crippen molar-refractivity contribution in [2.75, 3.05) is 7.11 Å². The van der Waals surface area contributed by atoms with Crippen LogP contribution in [0.5, 0.6) is 17.2 Å². The molecule has 0 heterocycles. The Kier molecular flexibility index (Phi) is 2.88. The summed E-state index contributed by atoms with van der Waals surface area (Å²) in [6, 6.07) is 17.8. The van der Waals surface area contributed by atoms with E-state index < -0.39 is 0 Å². The standard InChI is InChI=1S/C13H11O2/c1-14-12-8-5-9-13(10-12)15-11-6-3-2-4-7-11/h2-3,5-10H,1H3. The molecule has 0 fully saturated rings. The Morgan fingerprint density at radius 2 is 1.80 bits per heavy atom. The smallest absolute Gasteiger partial charge is 0.131 e. The summed E-state index contributed by atoms with van der Waals surface area (Å²) in [5.41, 5.74) is 0. The number of hydrogen-bond donors (Lipinski definition) is 0. The van der Waals surface area contributed by atoms with E-state index in [1.54, 1.807) is 13.2 Å². The molecule has 75 valence electrons. The molecule has 1 radical (unpaired) electrons. The molecule has 0 spiro atoms. The lowest BCUT2D eigenvalue weighted by Gasteiger charge is -2.06. The third-order valence-electron chi connectivity index (χ3n) is 1.96. The lowest BCUT2D eigenvalue weighted by atomic mass is 10.3. The number of ether oxygens (including phenoxy) is 2. The van der Waals surface area contributed by atoms with Crippen LogP contribution in [-0.4, -0.2) is 7.11 Å². The van der Waals surface area contributed by atoms with E-state index in [0.717, 1.165) is 17.2 Å². The fourth-order valence-electron chi connectivity index (χ4n) is 1.24. The van der Waals surface area contributed by atoms with Gasteiger partial charge in [0.15, 0.2) is 0 Å². The number of methoxy groups -OCH3 is 1. The van der Waals surface area contributed by atoms with Gasteiger partial charge in [0.1, 0.15) is 17.2 Å². The molecule has 0 aromatic heterocycles. The predicted molar refractivity (Wildman–Crippen MR) is 58.3 cm³/mol. The molecule has 2 rings (SSSR count). The first-order chi connectivity index (χ1) is 7.38. The van der Waals surface area contributed by atoms with Crippen molar-refractivity contribution in [3.63, 3.8) is 0 Å². The Labute approximate surface area is 89.1 Å². The summed E-state index contributed by atoms with van der Waals surface area (Å²) in [6.07, 6.45) is 0. The van der Waals surface area contributed by atoms with Crippen molar-refractivity contribution in [3.8, 4) is 17.2 Å². The summed E-state index contributed by atoms with van der Waals surface area (Å²) in [5.74, 6) is 2.31. The van der Waals surface area contributed by atoms with E-state index in [4.69, 9.17) is 9.47 Å². The van der Waals surface area contributed by atoms with Gasteiger partial charge in [-0.1, -0.05) is 18.2 Å². The third kappa shape index (κ3) is 2.50. The molecule has 0 aliphatic heterocycles. The maximum Gasteiger partial charge on any atom is 0.131 e. The normalized spacial score (nSPS) is 9.67. The van der Waals surface area contributed by atoms with Gasteiger partial charge < -0.3 is 9.47 Å². The van der Waals surface area contributed by atoms with Crippen molar-refractivity contribution in [3.05, 3.63) is 54.6 Å². The van der Waals surface area contributed by atoms with E-state index >= 15 is 0 Å². The molecule has 0 N–H and O–H groups in total. The third-order valence-corrected chi connectivity index (χ3v) is 1.96. The zero-order chi connectivity index (χ0) is 10.5. The summed E-state index contributed by atoms with van der Waals surface area (Å²) < 4.78 is 10.7. The van der Waals surface area contributed by atoms with Crippen LogP contribution in [0, 0.1) is 6.07 Å². The molecule has 0 unspecified atom stereocenters. The van der Waals surface area contributed by atoms with E-state index in [9.17, 15) is 0 Å². The molecule has 0 bridgehead atoms. The highest BCUT2D eigenvalue weighted by Gasteiger charge is 1.97. The minimum absolute atomic E-state index is 0.758. The van der Waals surface area contributed by atoms with E-state index in [-0.39, 0.29) is 0 Å². The molecule has 2 heteroatoms. The van der Waals surface area contributed by atoms with Gasteiger partial charge in [-0.05, 0) is 30.3 Å². The Morgan fingerprint density at radius 3 is 2.53 bits per heavy atom. The van der Waals surface area contributed by atoms with Crippen molar-refractivity contribution in [1.29, 1.82) is 0 Å². The topological polar surface area (TPSA) is 18.5 Å². The van der Waals surface area contributed by atoms with E-state index in [1.807, 2.05) is 42.5 Å². The summed E-state index contributed by atoms with van der Waals surface area (Å²) in [4.78, 5) is 0. The lowest BCUT2D eigenvalue weighted by molar-refractivity contribution is 0.409. The van der Waals surface area contributed by atoms with Gasteiger partial charge in [-0.3, -0.25) is 0 Å². The van der Waals surface area contributed by atoms with Crippen LogP contribution < -0.4 is 9.47 Å². The SMILES string of the molecule is COc1cccc(Oc2c[c]ccc2)c1. The van der Waals surface area contributed by atoms with Crippen molar-refractivity contribution in [1.82, 2.24) is 0 Å². The highest BCUT2D eigenvalue weighted by molar-refractivity contribution is 5.36. The molecule has 0 atom stereocenters. The van der Waals surface area contributed by atoms with Gasteiger partial charge in [-0.2, -0.15) is 0 Å². The lowest BCUT2D eigenvalue weighted by Crippen LogP contribution is -1.86. The van der Waals surface area contributed by atoms with Crippen LogP contribution in [0.2, 0.25) is 0 Å². The monoisotopic (exact) mass is 199 g/mol. The highest BCUT2D eigenvalue weighted by atomic mass is 16.5.